The maximum Gasteiger partial charge on any atom is 0.321 e. The highest BCUT2D eigenvalue weighted by Crippen LogP contribution is 2.29. The Labute approximate surface area is 147 Å². The van der Waals surface area contributed by atoms with Gasteiger partial charge in [0.2, 0.25) is 0 Å². The van der Waals surface area contributed by atoms with E-state index in [4.69, 9.17) is 0 Å². The lowest BCUT2D eigenvalue weighted by atomic mass is 10.1. The van der Waals surface area contributed by atoms with E-state index in [1.807, 2.05) is 0 Å². The molecule has 0 radical (unpaired) electrons. The molecule has 1 N–H and O–H groups in total. The van der Waals surface area contributed by atoms with Gasteiger partial charge in [0, 0.05) is 44.8 Å². The highest BCUT2D eigenvalue weighted by Gasteiger charge is 2.36. The average Bonchev–Trinajstić information content (AvgIpc) is 2.81. The van der Waals surface area contributed by atoms with Gasteiger partial charge in [-0.25, -0.2) is 9.18 Å². The van der Waals surface area contributed by atoms with E-state index in [0.29, 0.717) is 30.7 Å². The molecule has 2 aliphatic heterocycles. The van der Waals surface area contributed by atoms with Crippen molar-refractivity contribution in [3.63, 3.8) is 0 Å². The number of hydrogen-bond acceptors (Lipinski definition) is 3. The minimum absolute atomic E-state index is 0.0421. The number of likely N-dealkylation sites (N-methyl/N-ethyl adjacent to an activating group) is 1. The maximum absolute atomic E-state index is 14.1. The van der Waals surface area contributed by atoms with E-state index in [1.54, 1.807) is 19.0 Å². The van der Waals surface area contributed by atoms with Gasteiger partial charge in [-0.05, 0) is 44.5 Å². The predicted octanol–water partition coefficient (Wildman–Crippen LogP) is 2.23. The van der Waals surface area contributed by atoms with E-state index in [0.717, 1.165) is 12.8 Å². The van der Waals surface area contributed by atoms with Crippen LogP contribution in [-0.4, -0.2) is 73.0 Å². The van der Waals surface area contributed by atoms with Crippen molar-refractivity contribution >= 4 is 17.6 Å². The molecule has 0 spiro atoms. The van der Waals surface area contributed by atoms with Crippen LogP contribution in [0.2, 0.25) is 0 Å². The smallest absolute Gasteiger partial charge is 0.321 e. The van der Waals surface area contributed by atoms with Crippen molar-refractivity contribution in [1.29, 1.82) is 0 Å². The third-order valence-electron chi connectivity index (χ3n) is 5.30. The molecule has 2 fully saturated rings. The van der Waals surface area contributed by atoms with Crippen LogP contribution in [0.4, 0.5) is 14.9 Å². The van der Waals surface area contributed by atoms with Crippen LogP contribution in [0.3, 0.4) is 0 Å². The molecule has 0 aliphatic carbocycles. The summed E-state index contributed by atoms with van der Waals surface area (Å²) in [4.78, 5) is 30.2. The van der Waals surface area contributed by atoms with Crippen molar-refractivity contribution in [3.05, 3.63) is 29.6 Å². The molecule has 3 rings (SSSR count). The molecule has 6 nitrogen and oxygen atoms in total. The fraction of sp³-hybridized carbons (Fsp3) is 0.556. The molecule has 136 valence electrons. The normalized spacial score (nSPS) is 23.3. The van der Waals surface area contributed by atoms with Gasteiger partial charge in [-0.15, -0.1) is 0 Å². The fourth-order valence-electron chi connectivity index (χ4n) is 3.70. The van der Waals surface area contributed by atoms with Gasteiger partial charge < -0.3 is 15.1 Å². The summed E-state index contributed by atoms with van der Waals surface area (Å²) in [5.41, 5.74) is 0.386. The molecule has 2 atom stereocenters. The number of halogens is 1. The Morgan fingerprint density at radius 1 is 1.20 bits per heavy atom. The number of hydrogen-bond donors (Lipinski definition) is 1. The molecule has 0 unspecified atom stereocenters. The highest BCUT2D eigenvalue weighted by atomic mass is 19.1. The number of likely N-dealkylation sites (tertiary alicyclic amines) is 1. The summed E-state index contributed by atoms with van der Waals surface area (Å²) >= 11 is 0. The molecule has 3 amide bonds. The minimum Gasteiger partial charge on any atom is -0.345 e. The molecule has 1 aromatic rings. The lowest BCUT2D eigenvalue weighted by Gasteiger charge is -2.26. The van der Waals surface area contributed by atoms with Crippen molar-refractivity contribution in [1.82, 2.24) is 14.7 Å². The summed E-state index contributed by atoms with van der Waals surface area (Å²) in [7, 11) is 5.37. The Morgan fingerprint density at radius 3 is 2.64 bits per heavy atom. The molecular formula is C18H25FN4O2. The number of benzene rings is 1. The van der Waals surface area contributed by atoms with Gasteiger partial charge in [-0.1, -0.05) is 0 Å². The minimum atomic E-state index is -0.544. The van der Waals surface area contributed by atoms with Crippen LogP contribution in [0.1, 0.15) is 29.6 Å². The summed E-state index contributed by atoms with van der Waals surface area (Å²) < 4.78 is 14.1. The van der Waals surface area contributed by atoms with Gasteiger partial charge in [-0.3, -0.25) is 9.69 Å². The van der Waals surface area contributed by atoms with E-state index < -0.39 is 5.82 Å². The molecule has 1 aromatic carbocycles. The summed E-state index contributed by atoms with van der Waals surface area (Å²) in [6, 6.07) is 4.61. The van der Waals surface area contributed by atoms with Gasteiger partial charge >= 0.3 is 6.03 Å². The zero-order chi connectivity index (χ0) is 18.1. The Balaban J connectivity index is 1.72. The highest BCUT2D eigenvalue weighted by molar-refractivity contribution is 5.96. The molecule has 2 aliphatic rings. The Morgan fingerprint density at radius 2 is 1.92 bits per heavy atom. The van der Waals surface area contributed by atoms with Crippen molar-refractivity contribution in [3.8, 4) is 0 Å². The third-order valence-corrected chi connectivity index (χ3v) is 5.30. The molecule has 2 saturated heterocycles. The second-order valence-electron chi connectivity index (χ2n) is 7.11. The monoisotopic (exact) mass is 348 g/mol. The van der Waals surface area contributed by atoms with E-state index in [1.165, 1.54) is 29.5 Å². The first-order chi connectivity index (χ1) is 11.9. The van der Waals surface area contributed by atoms with Crippen LogP contribution in [0.25, 0.3) is 0 Å². The maximum atomic E-state index is 14.1. The van der Waals surface area contributed by atoms with E-state index in [9.17, 15) is 14.0 Å². The quantitative estimate of drug-likeness (QED) is 0.892. The SMILES string of the molecule is CN(C)C(=O)c1ccc(F)c(NC(=O)N2CC[C@H]3CC[C@@H](C2)N3C)c1. The third kappa shape index (κ3) is 3.61. The Hall–Kier alpha value is -2.15. The van der Waals surface area contributed by atoms with Crippen LogP contribution in [0.15, 0.2) is 18.2 Å². The standard InChI is InChI=1S/C18H25FN4O2/c1-21(2)17(24)12-4-7-15(19)16(10-12)20-18(25)23-9-8-13-5-6-14(11-23)22(13)3/h4,7,10,13-14H,5-6,8-9,11H2,1-3H3,(H,20,25)/t13-,14+/m1/s1. The van der Waals surface area contributed by atoms with Gasteiger partial charge in [0.05, 0.1) is 5.69 Å². The van der Waals surface area contributed by atoms with Crippen molar-refractivity contribution < 1.29 is 14.0 Å². The molecular weight excluding hydrogens is 323 g/mol. The van der Waals surface area contributed by atoms with Gasteiger partial charge in [-0.2, -0.15) is 0 Å². The Bertz CT molecular complexity index is 679. The second kappa shape index (κ2) is 7.00. The zero-order valence-corrected chi connectivity index (χ0v) is 15.0. The van der Waals surface area contributed by atoms with Crippen LogP contribution in [-0.2, 0) is 0 Å². The van der Waals surface area contributed by atoms with Crippen LogP contribution in [0.5, 0.6) is 0 Å². The van der Waals surface area contributed by atoms with Gasteiger partial charge in [0.1, 0.15) is 5.82 Å². The molecule has 2 heterocycles. The van der Waals surface area contributed by atoms with E-state index >= 15 is 0 Å². The van der Waals surface area contributed by atoms with Crippen LogP contribution < -0.4 is 5.32 Å². The molecule has 7 heteroatoms. The van der Waals surface area contributed by atoms with Crippen molar-refractivity contribution in [2.24, 2.45) is 0 Å². The van der Waals surface area contributed by atoms with Crippen LogP contribution in [0, 0.1) is 5.82 Å². The van der Waals surface area contributed by atoms with Crippen molar-refractivity contribution in [2.45, 2.75) is 31.3 Å². The number of nitrogens with zero attached hydrogens (tertiary/aromatic N) is 3. The van der Waals surface area contributed by atoms with E-state index in [2.05, 4.69) is 17.3 Å². The number of anilines is 1. The van der Waals surface area contributed by atoms with Crippen LogP contribution >= 0.6 is 0 Å². The summed E-state index contributed by atoms with van der Waals surface area (Å²) in [6.07, 6.45) is 3.20. The summed E-state index contributed by atoms with van der Waals surface area (Å²) in [5, 5.41) is 2.64. The van der Waals surface area contributed by atoms with E-state index in [-0.39, 0.29) is 17.6 Å². The first kappa shape index (κ1) is 17.7. The lowest BCUT2D eigenvalue weighted by molar-refractivity contribution is 0.0827. The molecule has 2 bridgehead atoms. The number of urea groups is 1. The molecule has 0 saturated carbocycles. The Kier molecular flexibility index (Phi) is 4.94. The second-order valence-corrected chi connectivity index (χ2v) is 7.11. The first-order valence-electron chi connectivity index (χ1n) is 8.66. The lowest BCUT2D eigenvalue weighted by Crippen LogP contribution is -2.41. The molecule has 0 aromatic heterocycles. The predicted molar refractivity (Wildman–Crippen MR) is 94.2 cm³/mol. The number of carbonyl (C=O) groups excluding carboxylic acids is 2. The summed E-state index contributed by atoms with van der Waals surface area (Å²) in [5.74, 6) is -0.777. The van der Waals surface area contributed by atoms with Gasteiger partial charge in [0.25, 0.3) is 5.91 Å². The average molecular weight is 348 g/mol. The van der Waals surface area contributed by atoms with Gasteiger partial charge in [0.15, 0.2) is 0 Å². The first-order valence-corrected chi connectivity index (χ1v) is 8.66. The number of nitrogens with one attached hydrogen (secondary N) is 1. The topological polar surface area (TPSA) is 55.9 Å². The summed E-state index contributed by atoms with van der Waals surface area (Å²) in [6.45, 7) is 1.31. The fourth-order valence-corrected chi connectivity index (χ4v) is 3.70. The molecule has 25 heavy (non-hydrogen) atoms. The number of amides is 3. The number of rotatable bonds is 2. The number of carbonyl (C=O) groups is 2. The largest absolute Gasteiger partial charge is 0.345 e. The number of fused-ring (bicyclic) bond motifs is 2. The zero-order valence-electron chi connectivity index (χ0n) is 15.0. The van der Waals surface area contributed by atoms with Crippen molar-refractivity contribution in [2.75, 3.05) is 39.5 Å².